The van der Waals surface area contributed by atoms with E-state index in [4.69, 9.17) is 4.74 Å². The van der Waals surface area contributed by atoms with E-state index < -0.39 is 18.5 Å². The lowest BCUT2D eigenvalue weighted by Crippen LogP contribution is -2.27. The van der Waals surface area contributed by atoms with Gasteiger partial charge in [-0.2, -0.15) is 0 Å². The maximum absolute atomic E-state index is 12.3. The van der Waals surface area contributed by atoms with Crippen molar-refractivity contribution < 1.29 is 19.1 Å². The first kappa shape index (κ1) is 20.3. The highest BCUT2D eigenvalue weighted by molar-refractivity contribution is 6.04. The smallest absolute Gasteiger partial charge is 0.331 e. The molecule has 2 N–H and O–H groups in total. The number of nitrogens with zero attached hydrogens (tertiary/aromatic N) is 1. The number of carbonyl (C=O) groups excluding carboxylic acids is 3. The third kappa shape index (κ3) is 5.54. The average Bonchev–Trinajstić information content (AvgIpc) is 3.60. The van der Waals surface area contributed by atoms with Gasteiger partial charge in [-0.1, -0.05) is 36.4 Å². The van der Waals surface area contributed by atoms with Gasteiger partial charge in [-0.15, -0.1) is 0 Å². The Balaban J connectivity index is 1.30. The highest BCUT2D eigenvalue weighted by atomic mass is 16.5. The number of para-hydroxylation sites is 2. The van der Waals surface area contributed by atoms with Crippen molar-refractivity contribution in [2.45, 2.75) is 18.9 Å². The third-order valence-corrected chi connectivity index (χ3v) is 4.71. The Morgan fingerprint density at radius 3 is 2.61 bits per heavy atom. The Morgan fingerprint density at radius 2 is 1.77 bits per heavy atom. The van der Waals surface area contributed by atoms with E-state index in [-0.39, 0.29) is 11.9 Å². The van der Waals surface area contributed by atoms with Gasteiger partial charge in [0, 0.05) is 17.5 Å². The molecular weight excluding hydrogens is 394 g/mol. The number of anilines is 1. The van der Waals surface area contributed by atoms with E-state index in [2.05, 4.69) is 15.6 Å². The minimum atomic E-state index is -0.662. The van der Waals surface area contributed by atoms with Crippen molar-refractivity contribution in [2.75, 3.05) is 11.9 Å². The van der Waals surface area contributed by atoms with Crippen LogP contribution in [-0.4, -0.2) is 35.4 Å². The van der Waals surface area contributed by atoms with Crippen LogP contribution in [0.15, 0.2) is 66.7 Å². The van der Waals surface area contributed by atoms with Gasteiger partial charge >= 0.3 is 5.97 Å². The van der Waals surface area contributed by atoms with Gasteiger partial charge in [-0.05, 0) is 43.2 Å². The first-order valence-electron chi connectivity index (χ1n) is 9.99. The molecule has 3 aromatic rings. The van der Waals surface area contributed by atoms with Crippen LogP contribution in [0, 0.1) is 0 Å². The van der Waals surface area contributed by atoms with Crippen molar-refractivity contribution in [2.24, 2.45) is 0 Å². The summed E-state index contributed by atoms with van der Waals surface area (Å²) in [5.41, 5.74) is 2.17. The van der Waals surface area contributed by atoms with Crippen molar-refractivity contribution in [3.05, 3.63) is 78.0 Å². The number of amides is 2. The van der Waals surface area contributed by atoms with Crippen LogP contribution in [0.5, 0.6) is 0 Å². The maximum Gasteiger partial charge on any atom is 0.331 e. The number of fused-ring (bicyclic) bond motifs is 1. The highest BCUT2D eigenvalue weighted by Crippen LogP contribution is 2.21. The van der Waals surface area contributed by atoms with Crippen LogP contribution < -0.4 is 10.6 Å². The van der Waals surface area contributed by atoms with E-state index in [9.17, 15) is 14.4 Å². The molecule has 0 bridgehead atoms. The van der Waals surface area contributed by atoms with E-state index in [1.54, 1.807) is 30.3 Å². The summed E-state index contributed by atoms with van der Waals surface area (Å²) in [4.78, 5) is 40.9. The maximum atomic E-state index is 12.3. The molecule has 7 nitrogen and oxygen atoms in total. The predicted molar refractivity (Wildman–Crippen MR) is 117 cm³/mol. The Hall–Kier alpha value is -4.00. The summed E-state index contributed by atoms with van der Waals surface area (Å²) in [5.74, 6) is -1.43. The summed E-state index contributed by atoms with van der Waals surface area (Å²) in [6.45, 7) is -0.465. The lowest BCUT2D eigenvalue weighted by atomic mass is 10.1. The number of hydrogen-bond donors (Lipinski definition) is 2. The standard InChI is InChI=1S/C24H21N3O4/c28-22(27-21-8-4-2-6-19(21)24(30)26-18-11-12-18)15-31-23(29)14-13-17-10-9-16-5-1-3-7-20(16)25-17/h1-10,13-14,18H,11-12,15H2,(H,26,30)(H,27,28). The number of carbonyl (C=O) groups is 3. The number of rotatable bonds is 7. The second-order valence-electron chi connectivity index (χ2n) is 7.21. The largest absolute Gasteiger partial charge is 0.452 e. The fourth-order valence-corrected chi connectivity index (χ4v) is 2.98. The lowest BCUT2D eigenvalue weighted by molar-refractivity contribution is -0.142. The summed E-state index contributed by atoms with van der Waals surface area (Å²) >= 11 is 0. The molecule has 1 saturated carbocycles. The average molecular weight is 415 g/mol. The van der Waals surface area contributed by atoms with Crippen molar-refractivity contribution in [1.29, 1.82) is 0 Å². The fraction of sp³-hybridized carbons (Fsp3) is 0.167. The van der Waals surface area contributed by atoms with E-state index in [1.807, 2.05) is 30.3 Å². The number of aromatic nitrogens is 1. The van der Waals surface area contributed by atoms with Crippen LogP contribution in [0.4, 0.5) is 5.69 Å². The van der Waals surface area contributed by atoms with Gasteiger partial charge in [0.25, 0.3) is 11.8 Å². The molecule has 1 aliphatic carbocycles. The molecule has 4 rings (SSSR count). The van der Waals surface area contributed by atoms with Crippen LogP contribution in [0.25, 0.3) is 17.0 Å². The quantitative estimate of drug-likeness (QED) is 0.456. The van der Waals surface area contributed by atoms with Crippen molar-refractivity contribution in [3.63, 3.8) is 0 Å². The lowest BCUT2D eigenvalue weighted by Gasteiger charge is -2.11. The van der Waals surface area contributed by atoms with E-state index in [0.29, 0.717) is 16.9 Å². The minimum Gasteiger partial charge on any atom is -0.452 e. The van der Waals surface area contributed by atoms with Crippen LogP contribution in [0.3, 0.4) is 0 Å². The molecule has 0 radical (unpaired) electrons. The number of pyridine rings is 1. The molecule has 0 atom stereocenters. The van der Waals surface area contributed by atoms with Gasteiger partial charge < -0.3 is 15.4 Å². The van der Waals surface area contributed by atoms with Crippen LogP contribution >= 0.6 is 0 Å². The Labute approximate surface area is 179 Å². The predicted octanol–water partition coefficient (Wildman–Crippen LogP) is 3.32. The number of hydrogen-bond acceptors (Lipinski definition) is 5. The Bertz CT molecular complexity index is 1170. The molecule has 7 heteroatoms. The Morgan fingerprint density at radius 1 is 1.00 bits per heavy atom. The zero-order valence-corrected chi connectivity index (χ0v) is 16.7. The molecule has 0 spiro atoms. The minimum absolute atomic E-state index is 0.209. The molecule has 1 aromatic heterocycles. The molecule has 156 valence electrons. The van der Waals surface area contributed by atoms with Crippen LogP contribution in [0.2, 0.25) is 0 Å². The summed E-state index contributed by atoms with van der Waals surface area (Å²) in [6.07, 6.45) is 4.70. The zero-order valence-electron chi connectivity index (χ0n) is 16.7. The van der Waals surface area contributed by atoms with Gasteiger partial charge in [-0.25, -0.2) is 9.78 Å². The topological polar surface area (TPSA) is 97.4 Å². The van der Waals surface area contributed by atoms with Gasteiger partial charge in [0.1, 0.15) is 0 Å². The third-order valence-electron chi connectivity index (χ3n) is 4.71. The summed E-state index contributed by atoms with van der Waals surface area (Å²) < 4.78 is 4.99. The second-order valence-corrected chi connectivity index (χ2v) is 7.21. The zero-order chi connectivity index (χ0) is 21.6. The molecule has 0 aliphatic heterocycles. The molecule has 2 aromatic carbocycles. The molecule has 31 heavy (non-hydrogen) atoms. The molecule has 2 amide bonds. The van der Waals surface area contributed by atoms with Crippen molar-refractivity contribution in [1.82, 2.24) is 10.3 Å². The molecule has 1 aliphatic rings. The van der Waals surface area contributed by atoms with Gasteiger partial charge in [0.05, 0.1) is 22.5 Å². The summed E-state index contributed by atoms with van der Waals surface area (Å²) in [7, 11) is 0. The first-order chi connectivity index (χ1) is 15.1. The summed E-state index contributed by atoms with van der Waals surface area (Å²) in [5, 5.41) is 6.51. The highest BCUT2D eigenvalue weighted by Gasteiger charge is 2.25. The molecule has 0 saturated heterocycles. The molecular formula is C24H21N3O4. The molecule has 1 fully saturated rings. The van der Waals surface area contributed by atoms with Gasteiger partial charge in [-0.3, -0.25) is 9.59 Å². The fourth-order valence-electron chi connectivity index (χ4n) is 2.98. The Kier molecular flexibility index (Phi) is 6.03. The first-order valence-corrected chi connectivity index (χ1v) is 9.99. The molecule has 1 heterocycles. The number of benzene rings is 2. The van der Waals surface area contributed by atoms with E-state index in [0.717, 1.165) is 23.7 Å². The van der Waals surface area contributed by atoms with Crippen molar-refractivity contribution in [3.8, 4) is 0 Å². The number of nitrogens with one attached hydrogen (secondary N) is 2. The van der Waals surface area contributed by atoms with Crippen LogP contribution in [-0.2, 0) is 14.3 Å². The summed E-state index contributed by atoms with van der Waals surface area (Å²) in [6, 6.07) is 18.3. The number of esters is 1. The van der Waals surface area contributed by atoms with Gasteiger partial charge in [0.2, 0.25) is 0 Å². The monoisotopic (exact) mass is 415 g/mol. The molecule has 0 unspecified atom stereocenters. The van der Waals surface area contributed by atoms with Crippen LogP contribution in [0.1, 0.15) is 28.9 Å². The van der Waals surface area contributed by atoms with E-state index in [1.165, 1.54) is 12.2 Å². The SMILES string of the molecule is O=C(COC(=O)C=Cc1ccc2ccccc2n1)Nc1ccccc1C(=O)NC1CC1. The number of ether oxygens (including phenoxy) is 1. The second kappa shape index (κ2) is 9.21. The van der Waals surface area contributed by atoms with E-state index >= 15 is 0 Å². The van der Waals surface area contributed by atoms with Crippen molar-refractivity contribution >= 4 is 40.4 Å². The normalized spacial score (nSPS) is 13.2. The van der Waals surface area contributed by atoms with Gasteiger partial charge in [0.15, 0.2) is 6.61 Å².